The van der Waals surface area contributed by atoms with Gasteiger partial charge >= 0.3 is 11.8 Å². The number of anilines is 1. The summed E-state index contributed by atoms with van der Waals surface area (Å²) in [5, 5.41) is 22.4. The fraction of sp³-hybridized carbons (Fsp3) is 0.312. The number of aliphatic hydroxyl groups excluding tert-OH is 2. The minimum atomic E-state index is -0.834. The minimum absolute atomic E-state index is 0.0184. The number of carbonyl (C=O) groups is 2. The van der Waals surface area contributed by atoms with Gasteiger partial charge < -0.3 is 25.4 Å². The predicted molar refractivity (Wildman–Crippen MR) is 86.4 cm³/mol. The quantitative estimate of drug-likeness (QED) is 0.541. The third-order valence-corrected chi connectivity index (χ3v) is 4.15. The predicted octanol–water partition coefficient (Wildman–Crippen LogP) is -0.722. The van der Waals surface area contributed by atoms with Crippen molar-refractivity contribution in [1.82, 2.24) is 9.88 Å². The first-order valence-corrected chi connectivity index (χ1v) is 7.50. The van der Waals surface area contributed by atoms with Crippen LogP contribution < -0.4 is 10.9 Å². The highest BCUT2D eigenvalue weighted by Crippen LogP contribution is 2.18. The molecule has 126 valence electrons. The molecule has 3 rings (SSSR count). The number of H-pyrrole nitrogens is 1. The van der Waals surface area contributed by atoms with Crippen LogP contribution in [0.3, 0.4) is 0 Å². The fourth-order valence-corrected chi connectivity index (χ4v) is 2.80. The fourth-order valence-electron chi connectivity index (χ4n) is 2.80. The number of pyridine rings is 1. The molecule has 1 aliphatic rings. The van der Waals surface area contributed by atoms with Gasteiger partial charge in [-0.1, -0.05) is 0 Å². The minimum Gasteiger partial charge on any atom is -0.396 e. The molecule has 24 heavy (non-hydrogen) atoms. The lowest BCUT2D eigenvalue weighted by Gasteiger charge is -2.15. The van der Waals surface area contributed by atoms with Gasteiger partial charge in [0.05, 0.1) is 12.7 Å². The van der Waals surface area contributed by atoms with Crippen LogP contribution in [0, 0.1) is 5.92 Å². The molecule has 1 aromatic heterocycles. The first-order chi connectivity index (χ1) is 11.5. The first-order valence-electron chi connectivity index (χ1n) is 7.50. The lowest BCUT2D eigenvalue weighted by molar-refractivity contribution is -0.142. The van der Waals surface area contributed by atoms with Crippen molar-refractivity contribution in [2.45, 2.75) is 6.10 Å². The van der Waals surface area contributed by atoms with Crippen molar-refractivity contribution >= 4 is 28.3 Å². The van der Waals surface area contributed by atoms with Crippen molar-refractivity contribution in [3.05, 3.63) is 40.8 Å². The van der Waals surface area contributed by atoms with E-state index >= 15 is 0 Å². The Balaban J connectivity index is 1.73. The molecule has 0 aliphatic carbocycles. The summed E-state index contributed by atoms with van der Waals surface area (Å²) in [5.41, 5.74) is 0.160. The van der Waals surface area contributed by atoms with Gasteiger partial charge in [-0.3, -0.25) is 14.4 Å². The Morgan fingerprint density at radius 2 is 2.08 bits per heavy atom. The van der Waals surface area contributed by atoms with Crippen molar-refractivity contribution in [2.24, 2.45) is 5.92 Å². The number of likely N-dealkylation sites (tertiary alicyclic amines) is 1. The summed E-state index contributed by atoms with van der Waals surface area (Å²) in [6, 6.07) is 6.40. The Kier molecular flexibility index (Phi) is 4.32. The number of hydrogen-bond donors (Lipinski definition) is 4. The number of amides is 2. The summed E-state index contributed by atoms with van der Waals surface area (Å²) in [6.45, 7) is -0.0899. The van der Waals surface area contributed by atoms with Gasteiger partial charge in [-0.05, 0) is 29.7 Å². The van der Waals surface area contributed by atoms with E-state index in [0.717, 1.165) is 0 Å². The van der Waals surface area contributed by atoms with E-state index in [1.54, 1.807) is 18.2 Å². The number of β-amino-alcohol motifs (C(OH)–C–C–N with tert-alkyl or cyclic N) is 1. The highest BCUT2D eigenvalue weighted by molar-refractivity contribution is 6.39. The second kappa shape index (κ2) is 6.42. The molecule has 8 nitrogen and oxygen atoms in total. The van der Waals surface area contributed by atoms with Gasteiger partial charge in [-0.2, -0.15) is 0 Å². The normalized spacial score (nSPS) is 20.3. The van der Waals surface area contributed by atoms with Gasteiger partial charge in [-0.25, -0.2) is 0 Å². The van der Waals surface area contributed by atoms with E-state index in [2.05, 4.69) is 10.3 Å². The number of fused-ring (bicyclic) bond motifs is 1. The third-order valence-electron chi connectivity index (χ3n) is 4.15. The van der Waals surface area contributed by atoms with E-state index in [1.165, 1.54) is 17.2 Å². The number of rotatable bonds is 2. The molecule has 2 unspecified atom stereocenters. The SMILES string of the molecule is O=C(Nc1ccc2c(=O)[nH]ccc2c1)C(=O)N1CC(O)C(CO)C1. The van der Waals surface area contributed by atoms with Crippen LogP contribution in [0.4, 0.5) is 5.69 Å². The van der Waals surface area contributed by atoms with Crippen LogP contribution >= 0.6 is 0 Å². The van der Waals surface area contributed by atoms with Crippen LogP contribution in [0.1, 0.15) is 0 Å². The molecule has 1 aromatic carbocycles. The summed E-state index contributed by atoms with van der Waals surface area (Å²) in [4.78, 5) is 39.6. The molecule has 2 heterocycles. The second-order valence-electron chi connectivity index (χ2n) is 5.78. The number of nitrogens with one attached hydrogen (secondary N) is 2. The molecule has 2 atom stereocenters. The van der Waals surface area contributed by atoms with Gasteiger partial charge in [0, 0.05) is 36.3 Å². The highest BCUT2D eigenvalue weighted by atomic mass is 16.3. The van der Waals surface area contributed by atoms with Crippen LogP contribution in [0.25, 0.3) is 10.8 Å². The maximum Gasteiger partial charge on any atom is 0.313 e. The largest absolute Gasteiger partial charge is 0.396 e. The molecule has 0 spiro atoms. The molecule has 8 heteroatoms. The number of aliphatic hydroxyl groups is 2. The maximum absolute atomic E-state index is 12.1. The average Bonchev–Trinajstić information content (AvgIpc) is 2.95. The van der Waals surface area contributed by atoms with Gasteiger partial charge in [-0.15, -0.1) is 0 Å². The zero-order valence-electron chi connectivity index (χ0n) is 12.7. The van der Waals surface area contributed by atoms with Gasteiger partial charge in [0.2, 0.25) is 0 Å². The van der Waals surface area contributed by atoms with Gasteiger partial charge in [0.1, 0.15) is 0 Å². The average molecular weight is 331 g/mol. The lowest BCUT2D eigenvalue weighted by Crippen LogP contribution is -2.38. The maximum atomic E-state index is 12.1. The van der Waals surface area contributed by atoms with E-state index in [4.69, 9.17) is 5.11 Å². The smallest absolute Gasteiger partial charge is 0.313 e. The van der Waals surface area contributed by atoms with Crippen LogP contribution in [0.5, 0.6) is 0 Å². The van der Waals surface area contributed by atoms with Crippen molar-refractivity contribution < 1.29 is 19.8 Å². The molecular weight excluding hydrogens is 314 g/mol. The van der Waals surface area contributed by atoms with Crippen LogP contribution in [-0.4, -0.2) is 57.7 Å². The van der Waals surface area contributed by atoms with Crippen molar-refractivity contribution in [3.8, 4) is 0 Å². The molecule has 4 N–H and O–H groups in total. The first kappa shape index (κ1) is 16.2. The summed E-state index contributed by atoms with van der Waals surface area (Å²) in [5.74, 6) is -2.03. The van der Waals surface area contributed by atoms with Crippen molar-refractivity contribution in [2.75, 3.05) is 25.0 Å². The Labute approximate surface area is 136 Å². The van der Waals surface area contributed by atoms with Crippen LogP contribution in [0.2, 0.25) is 0 Å². The Hall–Kier alpha value is -2.71. The topological polar surface area (TPSA) is 123 Å². The molecule has 1 aliphatic heterocycles. The van der Waals surface area contributed by atoms with E-state index in [0.29, 0.717) is 16.5 Å². The molecule has 0 saturated carbocycles. The Morgan fingerprint density at radius 3 is 2.79 bits per heavy atom. The van der Waals surface area contributed by atoms with Crippen molar-refractivity contribution in [1.29, 1.82) is 0 Å². The van der Waals surface area contributed by atoms with Gasteiger partial charge in [0.15, 0.2) is 0 Å². The Bertz CT molecular complexity index is 847. The lowest BCUT2D eigenvalue weighted by atomic mass is 10.1. The second-order valence-corrected chi connectivity index (χ2v) is 5.78. The molecule has 0 radical (unpaired) electrons. The number of aromatic amines is 1. The van der Waals surface area contributed by atoms with Crippen molar-refractivity contribution in [3.63, 3.8) is 0 Å². The van der Waals surface area contributed by atoms with E-state index in [-0.39, 0.29) is 25.3 Å². The number of benzene rings is 1. The molecular formula is C16H17N3O5. The standard InChI is InChI=1S/C16H17N3O5/c20-8-10-6-19(7-13(10)21)16(24)15(23)18-11-1-2-12-9(5-11)3-4-17-14(12)22/h1-5,10,13,20-21H,6-8H2,(H,17,22)(H,18,23). The molecule has 1 saturated heterocycles. The van der Waals surface area contributed by atoms with E-state index in [1.807, 2.05) is 0 Å². The monoisotopic (exact) mass is 331 g/mol. The number of aromatic nitrogens is 1. The van der Waals surface area contributed by atoms with Crippen LogP contribution in [-0.2, 0) is 9.59 Å². The summed E-state index contributed by atoms with van der Waals surface area (Å²) in [7, 11) is 0. The summed E-state index contributed by atoms with van der Waals surface area (Å²) < 4.78 is 0. The summed E-state index contributed by atoms with van der Waals surface area (Å²) in [6.07, 6.45) is 0.668. The van der Waals surface area contributed by atoms with E-state index < -0.39 is 23.8 Å². The zero-order chi connectivity index (χ0) is 17.3. The number of nitrogens with zero attached hydrogens (tertiary/aromatic N) is 1. The molecule has 1 fully saturated rings. The molecule has 0 bridgehead atoms. The van der Waals surface area contributed by atoms with E-state index in [9.17, 15) is 19.5 Å². The summed E-state index contributed by atoms with van der Waals surface area (Å²) >= 11 is 0. The van der Waals surface area contributed by atoms with Crippen LogP contribution in [0.15, 0.2) is 35.3 Å². The molecule has 2 amide bonds. The van der Waals surface area contributed by atoms with Gasteiger partial charge in [0.25, 0.3) is 5.56 Å². The molecule has 2 aromatic rings. The highest BCUT2D eigenvalue weighted by Gasteiger charge is 2.35. The third kappa shape index (κ3) is 3.01. The number of carbonyl (C=O) groups excluding carboxylic acids is 2. The zero-order valence-corrected chi connectivity index (χ0v) is 12.7. The number of hydrogen-bond acceptors (Lipinski definition) is 5. The Morgan fingerprint density at radius 1 is 1.29 bits per heavy atom.